The van der Waals surface area contributed by atoms with Crippen molar-refractivity contribution < 1.29 is 23.4 Å². The van der Waals surface area contributed by atoms with Crippen molar-refractivity contribution in [3.05, 3.63) is 102 Å². The van der Waals surface area contributed by atoms with Gasteiger partial charge in [0.05, 0.1) is 24.1 Å². The lowest BCUT2D eigenvalue weighted by molar-refractivity contribution is 0.254. The first-order valence-corrected chi connectivity index (χ1v) is 10.8. The molecule has 0 atom stereocenters. The summed E-state index contributed by atoms with van der Waals surface area (Å²) in [5.41, 5.74) is 3.18. The maximum atomic E-state index is 9.67. The zero-order valence-electron chi connectivity index (χ0n) is 18.5. The Balaban J connectivity index is 1.19. The SMILES string of the molecule is Cc1oc(-c2ccco2)nc1COc1ccc(COc2nn(-c3ccccc3)cc2CO)cc1. The maximum absolute atomic E-state index is 9.67. The molecule has 0 aliphatic rings. The van der Waals surface area contributed by atoms with Crippen LogP contribution in [0.25, 0.3) is 17.3 Å². The summed E-state index contributed by atoms with van der Waals surface area (Å²) in [6.45, 7) is 2.28. The lowest BCUT2D eigenvalue weighted by Gasteiger charge is -2.07. The average molecular weight is 457 g/mol. The van der Waals surface area contributed by atoms with Gasteiger partial charge in [0.2, 0.25) is 5.88 Å². The van der Waals surface area contributed by atoms with Crippen molar-refractivity contribution in [1.29, 1.82) is 0 Å². The fraction of sp³-hybridized carbons (Fsp3) is 0.154. The van der Waals surface area contributed by atoms with Crippen LogP contribution >= 0.6 is 0 Å². The van der Waals surface area contributed by atoms with E-state index in [2.05, 4.69) is 10.1 Å². The molecular weight excluding hydrogens is 434 g/mol. The van der Waals surface area contributed by atoms with Gasteiger partial charge in [-0.25, -0.2) is 9.67 Å². The van der Waals surface area contributed by atoms with Gasteiger partial charge >= 0.3 is 0 Å². The summed E-state index contributed by atoms with van der Waals surface area (Å²) in [4.78, 5) is 4.45. The summed E-state index contributed by atoms with van der Waals surface area (Å²) in [5.74, 6) is 2.81. The zero-order valence-corrected chi connectivity index (χ0v) is 18.5. The first-order valence-electron chi connectivity index (χ1n) is 10.8. The number of furan rings is 1. The highest BCUT2D eigenvalue weighted by Gasteiger charge is 2.14. The first kappa shape index (κ1) is 21.5. The molecule has 8 heteroatoms. The third kappa shape index (κ3) is 4.72. The molecule has 5 aromatic rings. The second-order valence-corrected chi connectivity index (χ2v) is 7.62. The van der Waals surface area contributed by atoms with E-state index in [0.29, 0.717) is 46.9 Å². The molecule has 0 unspecified atom stereocenters. The number of nitrogens with zero attached hydrogens (tertiary/aromatic N) is 3. The van der Waals surface area contributed by atoms with E-state index in [9.17, 15) is 5.11 Å². The number of aryl methyl sites for hydroxylation is 1. The van der Waals surface area contributed by atoms with Crippen LogP contribution in [0.5, 0.6) is 11.6 Å². The first-order chi connectivity index (χ1) is 16.7. The fourth-order valence-corrected chi connectivity index (χ4v) is 3.39. The molecule has 3 aromatic heterocycles. The van der Waals surface area contributed by atoms with Gasteiger partial charge in [0, 0.05) is 6.20 Å². The van der Waals surface area contributed by atoms with Crippen molar-refractivity contribution in [1.82, 2.24) is 14.8 Å². The van der Waals surface area contributed by atoms with Gasteiger partial charge in [0.1, 0.15) is 30.4 Å². The molecule has 0 fully saturated rings. The molecule has 3 heterocycles. The molecule has 0 aliphatic heterocycles. The Kier molecular flexibility index (Phi) is 6.13. The zero-order chi connectivity index (χ0) is 23.3. The van der Waals surface area contributed by atoms with Crippen molar-refractivity contribution in [2.24, 2.45) is 0 Å². The predicted octanol–water partition coefficient (Wildman–Crippen LogP) is 5.08. The Hall–Kier alpha value is -4.30. The van der Waals surface area contributed by atoms with Crippen LogP contribution in [-0.2, 0) is 19.8 Å². The summed E-state index contributed by atoms with van der Waals surface area (Å²) in [6.07, 6.45) is 3.35. The Morgan fingerprint density at radius 3 is 2.50 bits per heavy atom. The Labute approximate surface area is 196 Å². The number of aliphatic hydroxyl groups excluding tert-OH is 1. The third-order valence-electron chi connectivity index (χ3n) is 5.24. The second kappa shape index (κ2) is 9.68. The van der Waals surface area contributed by atoms with Crippen LogP contribution < -0.4 is 9.47 Å². The molecule has 0 saturated heterocycles. The molecule has 0 amide bonds. The quantitative estimate of drug-likeness (QED) is 0.330. The molecule has 0 bridgehead atoms. The minimum absolute atomic E-state index is 0.155. The highest BCUT2D eigenvalue weighted by Crippen LogP contribution is 2.24. The van der Waals surface area contributed by atoms with Gasteiger partial charge in [-0.15, -0.1) is 5.10 Å². The van der Waals surface area contributed by atoms with Crippen LogP contribution in [0.2, 0.25) is 0 Å². The van der Waals surface area contributed by atoms with Gasteiger partial charge in [-0.2, -0.15) is 0 Å². The van der Waals surface area contributed by atoms with Gasteiger partial charge in [0.15, 0.2) is 5.76 Å². The van der Waals surface area contributed by atoms with E-state index < -0.39 is 0 Å². The number of oxazole rings is 1. The van der Waals surface area contributed by atoms with E-state index in [1.165, 1.54) is 0 Å². The Morgan fingerprint density at radius 2 is 1.76 bits per heavy atom. The van der Waals surface area contributed by atoms with Gasteiger partial charge in [0.25, 0.3) is 5.89 Å². The Bertz CT molecular complexity index is 1340. The molecule has 0 saturated carbocycles. The number of hydrogen-bond donors (Lipinski definition) is 1. The fourth-order valence-electron chi connectivity index (χ4n) is 3.39. The molecule has 172 valence electrons. The number of benzene rings is 2. The minimum atomic E-state index is -0.155. The number of hydrogen-bond acceptors (Lipinski definition) is 7. The number of rotatable bonds is 9. The van der Waals surface area contributed by atoms with Crippen LogP contribution in [0.3, 0.4) is 0 Å². The van der Waals surface area contributed by atoms with E-state index in [1.54, 1.807) is 29.3 Å². The van der Waals surface area contributed by atoms with Crippen molar-refractivity contribution in [2.75, 3.05) is 0 Å². The summed E-state index contributed by atoms with van der Waals surface area (Å²) in [7, 11) is 0. The average Bonchev–Trinajstić information content (AvgIpc) is 3.62. The third-order valence-corrected chi connectivity index (χ3v) is 5.24. The molecule has 5 rings (SSSR count). The smallest absolute Gasteiger partial charge is 0.263 e. The minimum Gasteiger partial charge on any atom is -0.487 e. The highest BCUT2D eigenvalue weighted by molar-refractivity contribution is 5.44. The second-order valence-electron chi connectivity index (χ2n) is 7.62. The predicted molar refractivity (Wildman–Crippen MR) is 124 cm³/mol. The molecule has 1 N–H and O–H groups in total. The number of aromatic nitrogens is 3. The highest BCUT2D eigenvalue weighted by atomic mass is 16.5. The van der Waals surface area contributed by atoms with Crippen molar-refractivity contribution in [3.8, 4) is 29.0 Å². The molecule has 0 spiro atoms. The molecule has 2 aromatic carbocycles. The van der Waals surface area contributed by atoms with Gasteiger partial charge < -0.3 is 23.4 Å². The van der Waals surface area contributed by atoms with E-state index in [0.717, 1.165) is 11.3 Å². The van der Waals surface area contributed by atoms with Crippen LogP contribution in [0.1, 0.15) is 22.6 Å². The number of aliphatic hydroxyl groups is 1. The maximum Gasteiger partial charge on any atom is 0.263 e. The summed E-state index contributed by atoms with van der Waals surface area (Å²) < 4.78 is 24.4. The summed E-state index contributed by atoms with van der Waals surface area (Å²) in [5, 5.41) is 14.1. The van der Waals surface area contributed by atoms with Crippen LogP contribution in [-0.4, -0.2) is 19.9 Å². The van der Waals surface area contributed by atoms with Gasteiger partial charge in [-0.05, 0) is 48.9 Å². The lowest BCUT2D eigenvalue weighted by atomic mass is 10.2. The van der Waals surface area contributed by atoms with Crippen LogP contribution in [0, 0.1) is 6.92 Å². The monoisotopic (exact) mass is 457 g/mol. The van der Waals surface area contributed by atoms with Crippen LogP contribution in [0.4, 0.5) is 0 Å². The van der Waals surface area contributed by atoms with Gasteiger partial charge in [-0.1, -0.05) is 30.3 Å². The topological polar surface area (TPSA) is 95.7 Å². The van der Waals surface area contributed by atoms with Crippen molar-refractivity contribution in [2.45, 2.75) is 26.7 Å². The normalized spacial score (nSPS) is 11.0. The number of ether oxygens (including phenoxy) is 2. The molecule has 8 nitrogen and oxygen atoms in total. The summed E-state index contributed by atoms with van der Waals surface area (Å²) in [6, 6.07) is 20.9. The van der Waals surface area contributed by atoms with E-state index in [4.69, 9.17) is 18.3 Å². The standard InChI is InChI=1S/C26H23N3O5/c1-18-23(27-26(34-18)24-8-5-13-31-24)17-32-22-11-9-19(10-12-22)16-33-25-20(15-30)14-29(28-25)21-6-3-2-4-7-21/h2-14,30H,15-17H2,1H3. The molecule has 0 radical (unpaired) electrons. The number of para-hydroxylation sites is 1. The Morgan fingerprint density at radius 1 is 0.941 bits per heavy atom. The molecular formula is C26H23N3O5. The van der Waals surface area contributed by atoms with E-state index >= 15 is 0 Å². The molecule has 34 heavy (non-hydrogen) atoms. The van der Waals surface area contributed by atoms with Crippen LogP contribution in [0.15, 0.2) is 88.0 Å². The van der Waals surface area contributed by atoms with E-state index in [1.807, 2.05) is 61.5 Å². The largest absolute Gasteiger partial charge is 0.487 e. The summed E-state index contributed by atoms with van der Waals surface area (Å²) >= 11 is 0. The van der Waals surface area contributed by atoms with E-state index in [-0.39, 0.29) is 13.2 Å². The van der Waals surface area contributed by atoms with Crippen molar-refractivity contribution in [3.63, 3.8) is 0 Å². The lowest BCUT2D eigenvalue weighted by Crippen LogP contribution is -2.00. The molecule has 0 aliphatic carbocycles. The van der Waals surface area contributed by atoms with Crippen molar-refractivity contribution >= 4 is 0 Å². The van der Waals surface area contributed by atoms with Gasteiger partial charge in [-0.3, -0.25) is 0 Å².